The Balaban J connectivity index is 1.56. The second kappa shape index (κ2) is 10.8. The molecule has 5 heteroatoms. The summed E-state index contributed by atoms with van der Waals surface area (Å²) in [6.45, 7) is 6.51. The number of nitrogens with zero attached hydrogens (tertiary/aromatic N) is 3. The summed E-state index contributed by atoms with van der Waals surface area (Å²) in [6.07, 6.45) is 13.0. The Kier molecular flexibility index (Phi) is 7.88. The average molecular weight is 439 g/mol. The summed E-state index contributed by atoms with van der Waals surface area (Å²) in [5.74, 6) is 2.86. The lowest BCUT2D eigenvalue weighted by molar-refractivity contribution is -0.134. The number of imidazole rings is 1. The second-order valence-corrected chi connectivity index (χ2v) is 10.00. The van der Waals surface area contributed by atoms with Gasteiger partial charge in [-0.3, -0.25) is 4.79 Å². The molecule has 2 fully saturated rings. The van der Waals surface area contributed by atoms with Crippen molar-refractivity contribution in [3.05, 3.63) is 29.6 Å². The molecule has 2 saturated carbocycles. The smallest absolute Gasteiger partial charge is 0.224 e. The summed E-state index contributed by atoms with van der Waals surface area (Å²) in [5.41, 5.74) is 9.26. The molecule has 2 aliphatic carbocycles. The molecule has 1 heterocycles. The van der Waals surface area contributed by atoms with Crippen LogP contribution in [-0.2, 0) is 17.9 Å². The van der Waals surface area contributed by atoms with Crippen molar-refractivity contribution in [1.29, 1.82) is 0 Å². The molecule has 0 atom stereocenters. The molecule has 0 spiro atoms. The van der Waals surface area contributed by atoms with Crippen molar-refractivity contribution in [2.75, 3.05) is 6.54 Å². The molecule has 2 N–H and O–H groups in total. The first-order valence-corrected chi connectivity index (χ1v) is 13.1. The molecule has 0 aliphatic heterocycles. The van der Waals surface area contributed by atoms with Gasteiger partial charge in [0.15, 0.2) is 0 Å². The molecule has 0 saturated heterocycles. The third-order valence-electron chi connectivity index (χ3n) is 8.09. The van der Waals surface area contributed by atoms with Crippen LogP contribution in [0, 0.1) is 5.92 Å². The number of hydrogen-bond donors (Lipinski definition) is 1. The van der Waals surface area contributed by atoms with E-state index in [1.807, 2.05) is 0 Å². The lowest BCUT2D eigenvalue weighted by atomic mass is 9.80. The van der Waals surface area contributed by atoms with Gasteiger partial charge in [-0.25, -0.2) is 4.98 Å². The number of aryl methyl sites for hydroxylation is 1. The number of amides is 1. The van der Waals surface area contributed by atoms with Crippen LogP contribution in [0.25, 0.3) is 11.0 Å². The van der Waals surface area contributed by atoms with Crippen LogP contribution in [0.4, 0.5) is 0 Å². The number of carbonyl (C=O) groups excluding carboxylic acids is 1. The highest BCUT2D eigenvalue weighted by atomic mass is 16.2. The highest BCUT2D eigenvalue weighted by Gasteiger charge is 2.28. The Hall–Kier alpha value is -1.88. The minimum absolute atomic E-state index is 0.303. The van der Waals surface area contributed by atoms with Crippen molar-refractivity contribution in [3.8, 4) is 0 Å². The lowest BCUT2D eigenvalue weighted by Gasteiger charge is -2.34. The Labute approximate surface area is 193 Å². The third-order valence-corrected chi connectivity index (χ3v) is 8.09. The molecule has 176 valence electrons. The lowest BCUT2D eigenvalue weighted by Crippen LogP contribution is -2.41. The Morgan fingerprint density at radius 3 is 2.50 bits per heavy atom. The SMILES string of the molecule is CCC1CCC(c2nc3ccc(CN)cc3n2CCC(=O)N(CC)C2CCCCC2)CC1. The van der Waals surface area contributed by atoms with E-state index in [9.17, 15) is 4.79 Å². The van der Waals surface area contributed by atoms with Crippen molar-refractivity contribution < 1.29 is 4.79 Å². The van der Waals surface area contributed by atoms with Gasteiger partial charge in [0.1, 0.15) is 5.82 Å². The molecule has 0 radical (unpaired) electrons. The van der Waals surface area contributed by atoms with Crippen LogP contribution >= 0.6 is 0 Å². The fourth-order valence-electron chi connectivity index (χ4n) is 6.07. The van der Waals surface area contributed by atoms with Gasteiger partial charge in [0.2, 0.25) is 5.91 Å². The van der Waals surface area contributed by atoms with Crippen molar-refractivity contribution >= 4 is 16.9 Å². The van der Waals surface area contributed by atoms with Crippen LogP contribution in [0.1, 0.15) is 102 Å². The molecule has 2 aromatic rings. The van der Waals surface area contributed by atoms with E-state index in [1.54, 1.807) is 0 Å². The Morgan fingerprint density at radius 2 is 1.84 bits per heavy atom. The van der Waals surface area contributed by atoms with Crippen LogP contribution < -0.4 is 5.73 Å². The molecule has 0 unspecified atom stereocenters. The fraction of sp³-hybridized carbons (Fsp3) is 0.704. The van der Waals surface area contributed by atoms with E-state index in [1.165, 1.54) is 70.0 Å². The first-order valence-electron chi connectivity index (χ1n) is 13.1. The minimum Gasteiger partial charge on any atom is -0.340 e. The van der Waals surface area contributed by atoms with Gasteiger partial charge in [0.05, 0.1) is 11.0 Å². The quantitative estimate of drug-likeness (QED) is 0.571. The van der Waals surface area contributed by atoms with Gasteiger partial charge in [0, 0.05) is 38.0 Å². The summed E-state index contributed by atoms with van der Waals surface area (Å²) in [7, 11) is 0. The van der Waals surface area contributed by atoms with Gasteiger partial charge in [0.25, 0.3) is 0 Å². The molecule has 1 aromatic heterocycles. The summed E-state index contributed by atoms with van der Waals surface area (Å²) >= 11 is 0. The van der Waals surface area contributed by atoms with E-state index in [2.05, 4.69) is 41.5 Å². The highest BCUT2D eigenvalue weighted by Crippen LogP contribution is 2.38. The standard InChI is InChI=1S/C27H42N4O/c1-3-20-10-13-22(14-11-20)27-29-24-15-12-21(19-28)18-25(24)31(27)17-16-26(32)30(4-2)23-8-6-5-7-9-23/h12,15,18,20,22-23H,3-11,13-14,16-17,19,28H2,1-2H3. The number of benzene rings is 1. The zero-order valence-electron chi connectivity index (χ0n) is 20.2. The van der Waals surface area contributed by atoms with Gasteiger partial charge < -0.3 is 15.2 Å². The van der Waals surface area contributed by atoms with Crippen LogP contribution in [0.15, 0.2) is 18.2 Å². The largest absolute Gasteiger partial charge is 0.340 e. The van der Waals surface area contributed by atoms with Gasteiger partial charge in [-0.2, -0.15) is 0 Å². The summed E-state index contributed by atoms with van der Waals surface area (Å²) in [5, 5.41) is 0. The normalized spacial score (nSPS) is 22.3. The topological polar surface area (TPSA) is 64.1 Å². The van der Waals surface area contributed by atoms with Crippen LogP contribution in [0.3, 0.4) is 0 Å². The van der Waals surface area contributed by atoms with Crippen molar-refractivity contribution in [2.45, 2.75) is 110 Å². The monoisotopic (exact) mass is 438 g/mol. The number of nitrogens with two attached hydrogens (primary N) is 1. The second-order valence-electron chi connectivity index (χ2n) is 10.00. The maximum Gasteiger partial charge on any atom is 0.224 e. The predicted octanol–water partition coefficient (Wildman–Crippen LogP) is 5.75. The first-order chi connectivity index (χ1) is 15.6. The van der Waals surface area contributed by atoms with Crippen molar-refractivity contribution in [3.63, 3.8) is 0 Å². The van der Waals surface area contributed by atoms with Gasteiger partial charge >= 0.3 is 0 Å². The zero-order chi connectivity index (χ0) is 22.5. The maximum absolute atomic E-state index is 13.3. The predicted molar refractivity (Wildman–Crippen MR) is 131 cm³/mol. The van der Waals surface area contributed by atoms with E-state index in [0.29, 0.717) is 30.8 Å². The number of carbonyl (C=O) groups is 1. The van der Waals surface area contributed by atoms with E-state index in [0.717, 1.165) is 35.6 Å². The molecular weight excluding hydrogens is 396 g/mol. The van der Waals surface area contributed by atoms with E-state index >= 15 is 0 Å². The molecule has 2 aliphatic rings. The fourth-order valence-corrected chi connectivity index (χ4v) is 6.07. The maximum atomic E-state index is 13.3. The molecule has 4 rings (SSSR count). The van der Waals surface area contributed by atoms with E-state index in [4.69, 9.17) is 10.7 Å². The number of fused-ring (bicyclic) bond motifs is 1. The molecule has 5 nitrogen and oxygen atoms in total. The number of hydrogen-bond acceptors (Lipinski definition) is 3. The zero-order valence-corrected chi connectivity index (χ0v) is 20.2. The minimum atomic E-state index is 0.303. The van der Waals surface area contributed by atoms with Crippen LogP contribution in [-0.4, -0.2) is 32.9 Å². The molecule has 32 heavy (non-hydrogen) atoms. The van der Waals surface area contributed by atoms with Gasteiger partial charge in [-0.15, -0.1) is 0 Å². The average Bonchev–Trinajstić information content (AvgIpc) is 3.21. The van der Waals surface area contributed by atoms with Gasteiger partial charge in [-0.1, -0.05) is 38.7 Å². The van der Waals surface area contributed by atoms with Crippen LogP contribution in [0.2, 0.25) is 0 Å². The summed E-state index contributed by atoms with van der Waals surface area (Å²) in [4.78, 5) is 20.5. The van der Waals surface area contributed by atoms with Gasteiger partial charge in [-0.05, 0) is 69.1 Å². The van der Waals surface area contributed by atoms with Crippen LogP contribution in [0.5, 0.6) is 0 Å². The Bertz CT molecular complexity index is 890. The third kappa shape index (κ3) is 5.03. The van der Waals surface area contributed by atoms with E-state index < -0.39 is 0 Å². The van der Waals surface area contributed by atoms with Crippen molar-refractivity contribution in [1.82, 2.24) is 14.5 Å². The number of aromatic nitrogens is 2. The van der Waals surface area contributed by atoms with E-state index in [-0.39, 0.29) is 0 Å². The molecule has 1 aromatic carbocycles. The summed E-state index contributed by atoms with van der Waals surface area (Å²) in [6, 6.07) is 6.82. The molecule has 1 amide bonds. The highest BCUT2D eigenvalue weighted by molar-refractivity contribution is 5.79. The Morgan fingerprint density at radius 1 is 1.09 bits per heavy atom. The molecule has 0 bridgehead atoms. The van der Waals surface area contributed by atoms with Crippen molar-refractivity contribution in [2.24, 2.45) is 11.7 Å². The first kappa shape index (κ1) is 23.3. The summed E-state index contributed by atoms with van der Waals surface area (Å²) < 4.78 is 2.36. The molecular formula is C27H42N4O. The number of rotatable bonds is 8.